The number of para-hydroxylation sites is 1. The Morgan fingerprint density at radius 3 is 2.82 bits per heavy atom. The normalized spacial score (nSPS) is 16.2. The van der Waals surface area contributed by atoms with E-state index in [1.54, 1.807) is 17.9 Å². The number of fused-ring (bicyclic) bond motifs is 1. The van der Waals surface area contributed by atoms with Crippen LogP contribution in [0.25, 0.3) is 16.6 Å². The number of ether oxygens (including phenoxy) is 1. The van der Waals surface area contributed by atoms with E-state index >= 15 is 0 Å². The number of hydrogen-bond donors (Lipinski definition) is 1. The highest BCUT2D eigenvalue weighted by Crippen LogP contribution is 2.24. The molecule has 0 radical (unpaired) electrons. The number of benzene rings is 1. The fourth-order valence-corrected chi connectivity index (χ4v) is 3.62. The number of carbonyl (C=O) groups excluding carboxylic acids is 1. The van der Waals surface area contributed by atoms with Gasteiger partial charge in [0.1, 0.15) is 0 Å². The molecule has 0 atom stereocenters. The summed E-state index contributed by atoms with van der Waals surface area (Å²) in [5.74, 6) is -0.267. The van der Waals surface area contributed by atoms with Gasteiger partial charge in [-0.15, -0.1) is 5.10 Å². The zero-order chi connectivity index (χ0) is 19.7. The Bertz CT molecular complexity index is 1000. The lowest BCUT2D eigenvalue weighted by Gasteiger charge is -2.35. The number of rotatable bonds is 4. The van der Waals surface area contributed by atoms with Gasteiger partial charge in [-0.1, -0.05) is 23.4 Å². The Morgan fingerprint density at radius 2 is 2.04 bits per heavy atom. The molecule has 3 aromatic rings. The van der Waals surface area contributed by atoms with Gasteiger partial charge in [0.05, 0.1) is 22.5 Å². The topological polar surface area (TPSA) is 93.4 Å². The van der Waals surface area contributed by atoms with Crippen LogP contribution in [0.4, 0.5) is 0 Å². The van der Waals surface area contributed by atoms with Gasteiger partial charge in [0.2, 0.25) is 0 Å². The highest BCUT2D eigenvalue weighted by atomic mass is 16.5. The molecule has 0 bridgehead atoms. The summed E-state index contributed by atoms with van der Waals surface area (Å²) in [7, 11) is 1.67. The van der Waals surface area contributed by atoms with Gasteiger partial charge in [-0.25, -0.2) is 4.68 Å². The summed E-state index contributed by atoms with van der Waals surface area (Å²) in [6.07, 6.45) is 2.75. The van der Waals surface area contributed by atoms with Gasteiger partial charge in [-0.3, -0.25) is 9.78 Å². The third kappa shape index (κ3) is 3.36. The van der Waals surface area contributed by atoms with E-state index in [2.05, 4.69) is 15.3 Å². The van der Waals surface area contributed by atoms with Crippen LogP contribution in [0.5, 0.6) is 0 Å². The zero-order valence-corrected chi connectivity index (χ0v) is 16.0. The number of aromatic nitrogens is 4. The monoisotopic (exact) mass is 381 g/mol. The lowest BCUT2D eigenvalue weighted by Crippen LogP contribution is -2.47. The number of hydrogen-bond acceptors (Lipinski definition) is 6. The molecule has 8 heteroatoms. The Morgan fingerprint density at radius 1 is 1.29 bits per heavy atom. The summed E-state index contributed by atoms with van der Waals surface area (Å²) in [4.78, 5) is 18.9. The van der Waals surface area contributed by atoms with Gasteiger partial charge in [-0.05, 0) is 19.1 Å². The van der Waals surface area contributed by atoms with Crippen molar-refractivity contribution in [2.45, 2.75) is 25.4 Å². The molecule has 146 valence electrons. The molecule has 0 spiro atoms. The van der Waals surface area contributed by atoms with Crippen molar-refractivity contribution in [3.05, 3.63) is 47.9 Å². The van der Waals surface area contributed by atoms with Crippen molar-refractivity contribution < 1.29 is 14.6 Å². The van der Waals surface area contributed by atoms with Gasteiger partial charge in [-0.2, -0.15) is 0 Å². The van der Waals surface area contributed by atoms with Gasteiger partial charge in [0.15, 0.2) is 5.69 Å². The predicted molar refractivity (Wildman–Crippen MR) is 103 cm³/mol. The molecule has 1 N–H and O–H groups in total. The quantitative estimate of drug-likeness (QED) is 0.740. The smallest absolute Gasteiger partial charge is 0.276 e. The third-order valence-corrected chi connectivity index (χ3v) is 5.24. The summed E-state index contributed by atoms with van der Waals surface area (Å²) in [6, 6.07) is 9.67. The van der Waals surface area contributed by atoms with Gasteiger partial charge in [0.25, 0.3) is 5.91 Å². The van der Waals surface area contributed by atoms with E-state index in [0.717, 1.165) is 16.6 Å². The standard InChI is InChI=1S/C20H23N5O3/c1-14-17(19(26)24(2)13-20(27)8-11-28-12-9-20)22-23-25(14)16-7-3-5-15-6-4-10-21-18(15)16/h3-7,10,27H,8-9,11-13H2,1-2H3. The highest BCUT2D eigenvalue weighted by Gasteiger charge is 2.33. The van der Waals surface area contributed by atoms with Crippen molar-refractivity contribution in [3.8, 4) is 5.69 Å². The first kappa shape index (κ1) is 18.5. The molecule has 1 aromatic carbocycles. The molecule has 1 amide bonds. The van der Waals surface area contributed by atoms with Crippen molar-refractivity contribution in [3.63, 3.8) is 0 Å². The van der Waals surface area contributed by atoms with Crippen LogP contribution >= 0.6 is 0 Å². The van der Waals surface area contributed by atoms with Gasteiger partial charge in [0, 0.05) is 51.2 Å². The molecule has 0 unspecified atom stereocenters. The molecule has 28 heavy (non-hydrogen) atoms. The van der Waals surface area contributed by atoms with E-state index in [0.29, 0.717) is 31.7 Å². The number of pyridine rings is 1. The molecule has 4 rings (SSSR count). The van der Waals surface area contributed by atoms with Crippen LogP contribution in [-0.4, -0.2) is 68.3 Å². The first-order valence-electron chi connectivity index (χ1n) is 9.30. The third-order valence-electron chi connectivity index (χ3n) is 5.24. The summed E-state index contributed by atoms with van der Waals surface area (Å²) in [6.45, 7) is 3.05. The van der Waals surface area contributed by atoms with E-state index in [1.807, 2.05) is 37.3 Å². The number of carbonyl (C=O) groups is 1. The van der Waals surface area contributed by atoms with Crippen molar-refractivity contribution in [1.29, 1.82) is 0 Å². The van der Waals surface area contributed by atoms with E-state index in [9.17, 15) is 9.90 Å². The maximum absolute atomic E-state index is 12.9. The van der Waals surface area contributed by atoms with E-state index in [4.69, 9.17) is 4.74 Å². The molecule has 2 aromatic heterocycles. The Hall–Kier alpha value is -2.84. The van der Waals surface area contributed by atoms with Crippen molar-refractivity contribution in [2.75, 3.05) is 26.8 Å². The first-order chi connectivity index (χ1) is 13.5. The average Bonchev–Trinajstić information content (AvgIpc) is 3.08. The maximum atomic E-state index is 12.9. The predicted octanol–water partition coefficient (Wildman–Crippen LogP) is 1.74. The van der Waals surface area contributed by atoms with Gasteiger partial charge < -0.3 is 14.7 Å². The number of aliphatic hydroxyl groups is 1. The van der Waals surface area contributed by atoms with Gasteiger partial charge >= 0.3 is 0 Å². The molecule has 1 aliphatic rings. The molecule has 1 aliphatic heterocycles. The molecule has 0 saturated carbocycles. The summed E-state index contributed by atoms with van der Waals surface area (Å²) in [5.41, 5.74) is 1.54. The summed E-state index contributed by atoms with van der Waals surface area (Å²) < 4.78 is 6.94. The number of likely N-dealkylation sites (N-methyl/N-ethyl adjacent to an activating group) is 1. The van der Waals surface area contributed by atoms with Crippen LogP contribution in [0.15, 0.2) is 36.5 Å². The summed E-state index contributed by atoms with van der Waals surface area (Å²) >= 11 is 0. The second-order valence-electron chi connectivity index (χ2n) is 7.29. The molecule has 8 nitrogen and oxygen atoms in total. The molecule has 3 heterocycles. The summed E-state index contributed by atoms with van der Waals surface area (Å²) in [5, 5.41) is 20.0. The van der Waals surface area contributed by atoms with Crippen LogP contribution < -0.4 is 0 Å². The van der Waals surface area contributed by atoms with E-state index in [1.165, 1.54) is 4.90 Å². The lowest BCUT2D eigenvalue weighted by molar-refractivity contribution is -0.0734. The largest absolute Gasteiger partial charge is 0.388 e. The zero-order valence-electron chi connectivity index (χ0n) is 16.0. The van der Waals surface area contributed by atoms with Crippen LogP contribution in [0.2, 0.25) is 0 Å². The second kappa shape index (κ2) is 7.29. The Balaban J connectivity index is 1.62. The maximum Gasteiger partial charge on any atom is 0.276 e. The molecule has 1 saturated heterocycles. The van der Waals surface area contributed by atoms with Crippen molar-refractivity contribution in [2.24, 2.45) is 0 Å². The minimum Gasteiger partial charge on any atom is -0.388 e. The Kier molecular flexibility index (Phi) is 4.82. The Labute approximate surface area is 162 Å². The van der Waals surface area contributed by atoms with Crippen LogP contribution in [0.1, 0.15) is 29.0 Å². The fourth-order valence-electron chi connectivity index (χ4n) is 3.62. The fraction of sp³-hybridized carbons (Fsp3) is 0.400. The van der Waals surface area contributed by atoms with Crippen molar-refractivity contribution in [1.82, 2.24) is 24.9 Å². The van der Waals surface area contributed by atoms with Crippen LogP contribution in [0, 0.1) is 6.92 Å². The molecule has 0 aliphatic carbocycles. The minimum atomic E-state index is -0.924. The minimum absolute atomic E-state index is 0.233. The van der Waals surface area contributed by atoms with Crippen molar-refractivity contribution >= 4 is 16.8 Å². The SMILES string of the molecule is Cc1c(C(=O)N(C)CC2(O)CCOCC2)nnn1-c1cccc2cccnc12. The molecular weight excluding hydrogens is 358 g/mol. The number of amides is 1. The first-order valence-corrected chi connectivity index (χ1v) is 9.30. The number of nitrogens with zero attached hydrogens (tertiary/aromatic N) is 5. The van der Waals surface area contributed by atoms with Crippen LogP contribution in [-0.2, 0) is 4.74 Å². The second-order valence-corrected chi connectivity index (χ2v) is 7.29. The van der Waals surface area contributed by atoms with E-state index < -0.39 is 5.60 Å². The van der Waals surface area contributed by atoms with E-state index in [-0.39, 0.29) is 18.1 Å². The van der Waals surface area contributed by atoms with Crippen LogP contribution in [0.3, 0.4) is 0 Å². The average molecular weight is 381 g/mol. The highest BCUT2D eigenvalue weighted by molar-refractivity contribution is 5.93. The lowest BCUT2D eigenvalue weighted by atomic mass is 9.94. The molecular formula is C20H23N5O3. The molecule has 1 fully saturated rings.